The number of benzene rings is 1. The molecule has 0 unspecified atom stereocenters. The van der Waals surface area contributed by atoms with Crippen LogP contribution in [0.3, 0.4) is 0 Å². The first kappa shape index (κ1) is 9.45. The van der Waals surface area contributed by atoms with E-state index in [4.69, 9.17) is 5.21 Å². The van der Waals surface area contributed by atoms with Crippen LogP contribution in [0, 0.1) is 6.92 Å². The van der Waals surface area contributed by atoms with Gasteiger partial charge in [-0.1, -0.05) is 17.3 Å². The summed E-state index contributed by atoms with van der Waals surface area (Å²) in [6.45, 7) is 1.77. The maximum atomic E-state index is 11.9. The molecular weight excluding hydrogens is 192 g/mol. The normalized spacial score (nSPS) is 11.3. The number of H-pyrrole nitrogens is 1. The van der Waals surface area contributed by atoms with Gasteiger partial charge in [-0.15, -0.1) is 0 Å². The first-order valence-electron chi connectivity index (χ1n) is 4.53. The lowest BCUT2D eigenvalue weighted by molar-refractivity contribution is 0.322. The van der Waals surface area contributed by atoms with E-state index in [1.54, 1.807) is 19.1 Å². The Bertz CT molecular complexity index is 585. The highest BCUT2D eigenvalue weighted by Crippen LogP contribution is 2.09. The Morgan fingerprint density at radius 1 is 1.40 bits per heavy atom. The summed E-state index contributed by atoms with van der Waals surface area (Å²) in [7, 11) is 0. The minimum Gasteiger partial charge on any atom is -0.411 e. The first-order chi connectivity index (χ1) is 7.24. The zero-order valence-corrected chi connectivity index (χ0v) is 8.19. The van der Waals surface area contributed by atoms with Crippen LogP contribution in [-0.4, -0.2) is 16.4 Å². The molecule has 0 aliphatic rings. The molecule has 0 amide bonds. The van der Waals surface area contributed by atoms with Gasteiger partial charge in [0.15, 0.2) is 5.43 Å². The fourth-order valence-electron chi connectivity index (χ4n) is 1.59. The van der Waals surface area contributed by atoms with Crippen molar-refractivity contribution in [1.29, 1.82) is 0 Å². The molecule has 0 aliphatic heterocycles. The zero-order chi connectivity index (χ0) is 10.8. The van der Waals surface area contributed by atoms with Crippen LogP contribution in [0.1, 0.15) is 11.3 Å². The number of hydrogen-bond acceptors (Lipinski definition) is 3. The van der Waals surface area contributed by atoms with Crippen LogP contribution in [0.2, 0.25) is 0 Å². The molecule has 2 aromatic rings. The fourth-order valence-corrected chi connectivity index (χ4v) is 1.59. The van der Waals surface area contributed by atoms with Crippen molar-refractivity contribution in [3.63, 3.8) is 0 Å². The molecule has 2 rings (SSSR count). The minimum absolute atomic E-state index is 0.125. The van der Waals surface area contributed by atoms with Crippen molar-refractivity contribution in [3.8, 4) is 0 Å². The average Bonchev–Trinajstić information content (AvgIpc) is 2.24. The first-order valence-corrected chi connectivity index (χ1v) is 4.53. The van der Waals surface area contributed by atoms with Gasteiger partial charge < -0.3 is 10.2 Å². The lowest BCUT2D eigenvalue weighted by Crippen LogP contribution is -2.12. The van der Waals surface area contributed by atoms with Gasteiger partial charge in [0.25, 0.3) is 0 Å². The molecule has 0 atom stereocenters. The molecule has 1 heterocycles. The van der Waals surface area contributed by atoms with Gasteiger partial charge in [-0.05, 0) is 19.1 Å². The van der Waals surface area contributed by atoms with E-state index in [9.17, 15) is 4.79 Å². The van der Waals surface area contributed by atoms with E-state index in [0.29, 0.717) is 16.6 Å². The van der Waals surface area contributed by atoms with E-state index in [1.165, 1.54) is 0 Å². The van der Waals surface area contributed by atoms with Gasteiger partial charge in [0.1, 0.15) is 0 Å². The van der Waals surface area contributed by atoms with E-state index >= 15 is 0 Å². The number of fused-ring (bicyclic) bond motifs is 1. The maximum absolute atomic E-state index is 11.9. The average molecular weight is 202 g/mol. The molecule has 76 valence electrons. The second kappa shape index (κ2) is 3.57. The van der Waals surface area contributed by atoms with Crippen LogP contribution < -0.4 is 5.43 Å². The molecular formula is C11H10N2O2. The number of aromatic amines is 1. The molecule has 0 bridgehead atoms. The maximum Gasteiger partial charge on any atom is 0.198 e. The molecule has 0 saturated heterocycles. The van der Waals surface area contributed by atoms with Crippen LogP contribution in [0.4, 0.5) is 0 Å². The summed E-state index contributed by atoms with van der Waals surface area (Å²) in [6.07, 6.45) is 1.15. The highest BCUT2D eigenvalue weighted by Gasteiger charge is 2.06. The SMILES string of the molecule is Cc1[nH]c2ccccc2c(=O)c1/C=N/O. The number of aryl methyl sites for hydroxylation is 1. The van der Waals surface area contributed by atoms with E-state index in [0.717, 1.165) is 11.7 Å². The third kappa shape index (κ3) is 1.50. The quantitative estimate of drug-likeness (QED) is 0.419. The van der Waals surface area contributed by atoms with Gasteiger partial charge in [-0.3, -0.25) is 4.79 Å². The largest absolute Gasteiger partial charge is 0.411 e. The number of oxime groups is 1. The van der Waals surface area contributed by atoms with E-state index in [-0.39, 0.29) is 5.43 Å². The highest BCUT2D eigenvalue weighted by molar-refractivity contribution is 5.88. The molecule has 0 spiro atoms. The van der Waals surface area contributed by atoms with Crippen molar-refractivity contribution in [1.82, 2.24) is 4.98 Å². The Balaban J connectivity index is 2.90. The molecule has 2 N–H and O–H groups in total. The number of nitrogens with one attached hydrogen (secondary N) is 1. The van der Waals surface area contributed by atoms with E-state index in [1.807, 2.05) is 12.1 Å². The summed E-state index contributed by atoms with van der Waals surface area (Å²) in [6, 6.07) is 7.23. The summed E-state index contributed by atoms with van der Waals surface area (Å²) in [5, 5.41) is 11.9. The Hall–Kier alpha value is -2.10. The van der Waals surface area contributed by atoms with Crippen LogP contribution in [0.15, 0.2) is 34.2 Å². The molecule has 0 aliphatic carbocycles. The predicted octanol–water partition coefficient (Wildman–Crippen LogP) is 1.64. The summed E-state index contributed by atoms with van der Waals surface area (Å²) < 4.78 is 0. The smallest absolute Gasteiger partial charge is 0.198 e. The second-order valence-electron chi connectivity index (χ2n) is 3.28. The Morgan fingerprint density at radius 3 is 2.87 bits per heavy atom. The summed E-state index contributed by atoms with van der Waals surface area (Å²) >= 11 is 0. The third-order valence-corrected chi connectivity index (χ3v) is 2.33. The van der Waals surface area contributed by atoms with Crippen LogP contribution in [0.5, 0.6) is 0 Å². The molecule has 4 heteroatoms. The van der Waals surface area contributed by atoms with E-state index < -0.39 is 0 Å². The summed E-state index contributed by atoms with van der Waals surface area (Å²) in [5.74, 6) is 0. The number of hydrogen-bond donors (Lipinski definition) is 2. The summed E-state index contributed by atoms with van der Waals surface area (Å²) in [5.41, 5.74) is 1.74. The van der Waals surface area contributed by atoms with Gasteiger partial charge >= 0.3 is 0 Å². The predicted molar refractivity (Wildman–Crippen MR) is 58.7 cm³/mol. The topological polar surface area (TPSA) is 65.5 Å². The number of aromatic nitrogens is 1. The van der Waals surface area contributed by atoms with E-state index in [2.05, 4.69) is 10.1 Å². The van der Waals surface area contributed by atoms with Crippen molar-refractivity contribution in [2.24, 2.45) is 5.16 Å². The Morgan fingerprint density at radius 2 is 2.13 bits per heavy atom. The molecule has 4 nitrogen and oxygen atoms in total. The van der Waals surface area contributed by atoms with Crippen LogP contribution in [-0.2, 0) is 0 Å². The lowest BCUT2D eigenvalue weighted by atomic mass is 10.1. The number of pyridine rings is 1. The van der Waals surface area contributed by atoms with Crippen molar-refractivity contribution in [3.05, 3.63) is 45.7 Å². The monoisotopic (exact) mass is 202 g/mol. The van der Waals surface area contributed by atoms with Crippen molar-refractivity contribution >= 4 is 17.1 Å². The number of nitrogens with zero attached hydrogens (tertiary/aromatic N) is 1. The third-order valence-electron chi connectivity index (χ3n) is 2.33. The molecule has 1 aromatic carbocycles. The van der Waals surface area contributed by atoms with Crippen molar-refractivity contribution < 1.29 is 5.21 Å². The van der Waals surface area contributed by atoms with Crippen LogP contribution >= 0.6 is 0 Å². The van der Waals surface area contributed by atoms with Gasteiger partial charge in [0, 0.05) is 16.6 Å². The molecule has 1 aromatic heterocycles. The molecule has 0 radical (unpaired) electrons. The molecule has 0 fully saturated rings. The number of rotatable bonds is 1. The second-order valence-corrected chi connectivity index (χ2v) is 3.28. The highest BCUT2D eigenvalue weighted by atomic mass is 16.4. The standard InChI is InChI=1S/C11H10N2O2/c1-7-9(6-12-15)11(14)8-4-2-3-5-10(8)13-7/h2-6,15H,1H3,(H,13,14)/b12-6+. The van der Waals surface area contributed by atoms with Gasteiger partial charge in [-0.2, -0.15) is 0 Å². The molecule has 15 heavy (non-hydrogen) atoms. The van der Waals surface area contributed by atoms with Crippen molar-refractivity contribution in [2.45, 2.75) is 6.92 Å². The Labute approximate surface area is 85.9 Å². The molecule has 0 saturated carbocycles. The fraction of sp³-hybridized carbons (Fsp3) is 0.0909. The zero-order valence-electron chi connectivity index (χ0n) is 8.19. The number of para-hydroxylation sites is 1. The van der Waals surface area contributed by atoms with Gasteiger partial charge in [0.2, 0.25) is 0 Å². The van der Waals surface area contributed by atoms with Crippen LogP contribution in [0.25, 0.3) is 10.9 Å². The minimum atomic E-state index is -0.125. The van der Waals surface area contributed by atoms with Gasteiger partial charge in [0.05, 0.1) is 11.8 Å². The van der Waals surface area contributed by atoms with Gasteiger partial charge in [-0.25, -0.2) is 0 Å². The Kier molecular flexibility index (Phi) is 2.25. The lowest BCUT2D eigenvalue weighted by Gasteiger charge is -2.02. The summed E-state index contributed by atoms with van der Waals surface area (Å²) in [4.78, 5) is 15.0. The van der Waals surface area contributed by atoms with Crippen molar-refractivity contribution in [2.75, 3.05) is 0 Å².